The van der Waals surface area contributed by atoms with Gasteiger partial charge in [-0.1, -0.05) is 32.6 Å². The second-order valence-electron chi connectivity index (χ2n) is 9.14. The fourth-order valence-electron chi connectivity index (χ4n) is 7.15. The molecule has 4 rings (SSSR count). The molecular weight excluding hydrogens is 268 g/mol. The second kappa shape index (κ2) is 4.97. The first-order valence-corrected chi connectivity index (χ1v) is 9.50. The summed E-state index contributed by atoms with van der Waals surface area (Å²) >= 11 is 0. The van der Waals surface area contributed by atoms with E-state index in [1.807, 2.05) is 0 Å². The summed E-state index contributed by atoms with van der Waals surface area (Å²) in [5, 5.41) is 10.1. The van der Waals surface area contributed by atoms with Crippen molar-refractivity contribution in [3.8, 4) is 0 Å². The third-order valence-corrected chi connectivity index (χ3v) is 8.50. The van der Waals surface area contributed by atoms with Crippen LogP contribution in [0.1, 0.15) is 65.2 Å². The number of hydrogen-bond acceptors (Lipinski definition) is 1. The second-order valence-corrected chi connectivity index (χ2v) is 9.14. The predicted octanol–water partition coefficient (Wildman–Crippen LogP) is 5.11. The number of hydrogen-bond donors (Lipinski definition) is 1. The SMILES string of the molecule is C=CC1=CC[C@H]2[C@@H]3CCC4C[C@@H](O)CC[C@]4(C)[C@H]3CC[C@]12C. The molecule has 1 N–H and O–H groups in total. The first-order valence-electron chi connectivity index (χ1n) is 9.50. The Morgan fingerprint density at radius 3 is 2.73 bits per heavy atom. The summed E-state index contributed by atoms with van der Waals surface area (Å²) in [7, 11) is 0. The molecule has 0 aromatic carbocycles. The van der Waals surface area contributed by atoms with Crippen LogP contribution in [0.3, 0.4) is 0 Å². The zero-order chi connectivity index (χ0) is 15.5. The lowest BCUT2D eigenvalue weighted by atomic mass is 9.44. The summed E-state index contributed by atoms with van der Waals surface area (Å²) in [5.74, 6) is 3.43. The molecule has 1 heteroatoms. The maximum atomic E-state index is 10.1. The predicted molar refractivity (Wildman–Crippen MR) is 91.4 cm³/mol. The van der Waals surface area contributed by atoms with Crippen LogP contribution in [0.15, 0.2) is 24.3 Å². The molecule has 4 aliphatic rings. The lowest BCUT2D eigenvalue weighted by molar-refractivity contribution is -0.117. The van der Waals surface area contributed by atoms with E-state index in [4.69, 9.17) is 0 Å². The Balaban J connectivity index is 1.63. The Morgan fingerprint density at radius 1 is 1.14 bits per heavy atom. The van der Waals surface area contributed by atoms with Gasteiger partial charge in [0.2, 0.25) is 0 Å². The molecule has 0 aromatic heterocycles. The molecule has 122 valence electrons. The standard InChI is InChI=1S/C21H32O/c1-4-14-6-8-18-17-7-5-15-13-16(22)9-11-21(15,3)19(17)10-12-20(14,18)2/h4,6,15-19,22H,1,5,7-13H2,2-3H3/t15?,16-,17-,18-,19-,20+,21-/m0/s1. The van der Waals surface area contributed by atoms with E-state index in [1.54, 1.807) is 0 Å². The van der Waals surface area contributed by atoms with Crippen molar-refractivity contribution in [2.24, 2.45) is 34.5 Å². The Hall–Kier alpha value is -0.560. The van der Waals surface area contributed by atoms with Crippen molar-refractivity contribution in [3.05, 3.63) is 24.3 Å². The number of aliphatic hydroxyl groups excluding tert-OH is 1. The molecule has 0 spiro atoms. The largest absolute Gasteiger partial charge is 0.393 e. The highest BCUT2D eigenvalue weighted by atomic mass is 16.3. The minimum Gasteiger partial charge on any atom is -0.393 e. The molecule has 0 bridgehead atoms. The fourth-order valence-corrected chi connectivity index (χ4v) is 7.15. The lowest BCUT2D eigenvalue weighted by Crippen LogP contribution is -2.53. The zero-order valence-corrected chi connectivity index (χ0v) is 14.4. The lowest BCUT2D eigenvalue weighted by Gasteiger charge is -2.60. The highest BCUT2D eigenvalue weighted by molar-refractivity contribution is 5.32. The molecule has 3 saturated carbocycles. The van der Waals surface area contributed by atoms with Gasteiger partial charge in [0.15, 0.2) is 0 Å². The van der Waals surface area contributed by atoms with Gasteiger partial charge in [-0.05, 0) is 91.4 Å². The minimum atomic E-state index is -0.0241. The van der Waals surface area contributed by atoms with Crippen LogP contribution in [0.5, 0.6) is 0 Å². The average molecular weight is 300 g/mol. The van der Waals surface area contributed by atoms with Gasteiger partial charge in [0.05, 0.1) is 6.10 Å². The van der Waals surface area contributed by atoms with E-state index in [0.717, 1.165) is 36.5 Å². The fraction of sp³-hybridized carbons (Fsp3) is 0.810. The molecule has 0 aromatic rings. The smallest absolute Gasteiger partial charge is 0.0543 e. The van der Waals surface area contributed by atoms with E-state index >= 15 is 0 Å². The maximum absolute atomic E-state index is 10.1. The van der Waals surface area contributed by atoms with E-state index < -0.39 is 0 Å². The van der Waals surface area contributed by atoms with Crippen molar-refractivity contribution < 1.29 is 5.11 Å². The molecule has 0 amide bonds. The molecular formula is C21H32O. The number of allylic oxidation sites excluding steroid dienone is 3. The van der Waals surface area contributed by atoms with Crippen LogP contribution in [0.2, 0.25) is 0 Å². The molecule has 0 saturated heterocycles. The molecule has 7 atom stereocenters. The normalized spacial score (nSPS) is 54.0. The molecule has 0 radical (unpaired) electrons. The highest BCUT2D eigenvalue weighted by Gasteiger charge is 2.58. The molecule has 1 unspecified atom stereocenters. The van der Waals surface area contributed by atoms with Crippen LogP contribution < -0.4 is 0 Å². The van der Waals surface area contributed by atoms with Crippen molar-refractivity contribution in [1.29, 1.82) is 0 Å². The van der Waals surface area contributed by atoms with Crippen molar-refractivity contribution >= 4 is 0 Å². The van der Waals surface area contributed by atoms with Gasteiger partial charge in [0.25, 0.3) is 0 Å². The molecule has 0 heterocycles. The molecule has 1 nitrogen and oxygen atoms in total. The topological polar surface area (TPSA) is 20.2 Å². The summed E-state index contributed by atoms with van der Waals surface area (Å²) in [6.07, 6.45) is 14.7. The van der Waals surface area contributed by atoms with E-state index in [9.17, 15) is 5.11 Å². The van der Waals surface area contributed by atoms with Gasteiger partial charge < -0.3 is 5.11 Å². The molecule has 4 aliphatic carbocycles. The van der Waals surface area contributed by atoms with Crippen LogP contribution in [0.25, 0.3) is 0 Å². The Morgan fingerprint density at radius 2 is 1.95 bits per heavy atom. The van der Waals surface area contributed by atoms with Gasteiger partial charge in [-0.3, -0.25) is 0 Å². The van der Waals surface area contributed by atoms with E-state index in [2.05, 4.69) is 32.6 Å². The van der Waals surface area contributed by atoms with E-state index in [-0.39, 0.29) is 6.10 Å². The summed E-state index contributed by atoms with van der Waals surface area (Å²) in [5.41, 5.74) is 2.43. The summed E-state index contributed by atoms with van der Waals surface area (Å²) < 4.78 is 0. The van der Waals surface area contributed by atoms with Gasteiger partial charge in [0.1, 0.15) is 0 Å². The van der Waals surface area contributed by atoms with Crippen molar-refractivity contribution in [3.63, 3.8) is 0 Å². The van der Waals surface area contributed by atoms with Crippen molar-refractivity contribution in [2.45, 2.75) is 71.3 Å². The van der Waals surface area contributed by atoms with Crippen LogP contribution in [0, 0.1) is 34.5 Å². The van der Waals surface area contributed by atoms with E-state index in [1.165, 1.54) is 44.1 Å². The first-order chi connectivity index (χ1) is 10.5. The quantitative estimate of drug-likeness (QED) is 0.713. The van der Waals surface area contributed by atoms with Gasteiger partial charge in [-0.15, -0.1) is 0 Å². The van der Waals surface area contributed by atoms with Gasteiger partial charge in [0, 0.05) is 0 Å². The third-order valence-electron chi connectivity index (χ3n) is 8.50. The average Bonchev–Trinajstić information content (AvgIpc) is 2.84. The Bertz CT molecular complexity index is 506. The van der Waals surface area contributed by atoms with Crippen molar-refractivity contribution in [1.82, 2.24) is 0 Å². The van der Waals surface area contributed by atoms with Crippen LogP contribution in [-0.4, -0.2) is 11.2 Å². The Labute approximate surface area is 135 Å². The van der Waals surface area contributed by atoms with Crippen LogP contribution in [0.4, 0.5) is 0 Å². The molecule has 3 fully saturated rings. The zero-order valence-electron chi connectivity index (χ0n) is 14.4. The van der Waals surface area contributed by atoms with Gasteiger partial charge in [-0.2, -0.15) is 0 Å². The van der Waals surface area contributed by atoms with Gasteiger partial charge >= 0.3 is 0 Å². The highest BCUT2D eigenvalue weighted by Crippen LogP contribution is 2.66. The summed E-state index contributed by atoms with van der Waals surface area (Å²) in [4.78, 5) is 0. The molecule has 22 heavy (non-hydrogen) atoms. The Kier molecular flexibility index (Phi) is 3.39. The monoisotopic (exact) mass is 300 g/mol. The van der Waals surface area contributed by atoms with Crippen LogP contribution >= 0.6 is 0 Å². The van der Waals surface area contributed by atoms with Gasteiger partial charge in [-0.25, -0.2) is 0 Å². The number of rotatable bonds is 1. The van der Waals surface area contributed by atoms with E-state index in [0.29, 0.717) is 10.8 Å². The maximum Gasteiger partial charge on any atom is 0.0543 e. The van der Waals surface area contributed by atoms with Crippen LogP contribution in [-0.2, 0) is 0 Å². The first kappa shape index (κ1) is 15.0. The number of aliphatic hydroxyl groups is 1. The summed E-state index contributed by atoms with van der Waals surface area (Å²) in [6.45, 7) is 9.15. The minimum absolute atomic E-state index is 0.0241. The van der Waals surface area contributed by atoms with Crippen molar-refractivity contribution in [2.75, 3.05) is 0 Å². The third kappa shape index (κ3) is 1.87. The molecule has 0 aliphatic heterocycles. The number of fused-ring (bicyclic) bond motifs is 5. The summed E-state index contributed by atoms with van der Waals surface area (Å²) in [6, 6.07) is 0.